The number of hydrogen-bond donors (Lipinski definition) is 0. The van der Waals surface area contributed by atoms with E-state index in [4.69, 9.17) is 0 Å². The van der Waals surface area contributed by atoms with Gasteiger partial charge in [-0.1, -0.05) is 26.8 Å². The smallest absolute Gasteiger partial charge is 0.227 e. The minimum Gasteiger partial charge on any atom is -0.342 e. The first-order valence-corrected chi connectivity index (χ1v) is 9.34. The van der Waals surface area contributed by atoms with Gasteiger partial charge < -0.3 is 4.90 Å². The summed E-state index contributed by atoms with van der Waals surface area (Å²) < 4.78 is 0. The van der Waals surface area contributed by atoms with Gasteiger partial charge in [0.05, 0.1) is 0 Å². The van der Waals surface area contributed by atoms with Crippen LogP contribution in [0.15, 0.2) is 24.5 Å². The molecule has 4 heteroatoms. The van der Waals surface area contributed by atoms with E-state index in [1.807, 2.05) is 39.2 Å². The predicted octanol–water partition coefficient (Wildman–Crippen LogP) is 3.19. The van der Waals surface area contributed by atoms with E-state index in [9.17, 15) is 4.79 Å². The second kappa shape index (κ2) is 7.22. The molecule has 24 heavy (non-hydrogen) atoms. The van der Waals surface area contributed by atoms with Crippen LogP contribution in [0.2, 0.25) is 0 Å². The summed E-state index contributed by atoms with van der Waals surface area (Å²) in [7, 11) is 0. The van der Waals surface area contributed by atoms with Crippen molar-refractivity contribution < 1.29 is 4.79 Å². The molecule has 0 bridgehead atoms. The van der Waals surface area contributed by atoms with Crippen LogP contribution in [0, 0.1) is 17.3 Å². The molecule has 0 radical (unpaired) electrons. The van der Waals surface area contributed by atoms with Gasteiger partial charge >= 0.3 is 0 Å². The van der Waals surface area contributed by atoms with Gasteiger partial charge in [0.15, 0.2) is 0 Å². The van der Waals surface area contributed by atoms with Gasteiger partial charge in [-0.05, 0) is 55.8 Å². The molecule has 2 aliphatic heterocycles. The molecular formula is C20H31N3O. The molecule has 132 valence electrons. The number of likely N-dealkylation sites (tertiary alicyclic amines) is 2. The zero-order chi connectivity index (χ0) is 17.2. The van der Waals surface area contributed by atoms with Gasteiger partial charge in [-0.3, -0.25) is 14.7 Å². The summed E-state index contributed by atoms with van der Waals surface area (Å²) in [4.78, 5) is 21.3. The molecule has 3 rings (SSSR count). The highest BCUT2D eigenvalue weighted by molar-refractivity contribution is 5.81. The molecule has 0 unspecified atom stereocenters. The Bertz CT molecular complexity index is 544. The van der Waals surface area contributed by atoms with E-state index in [-0.39, 0.29) is 5.41 Å². The SMILES string of the molecule is CC(C)(C)C(=O)N1CC[C@H](C2CCN(Cc3cccnc3)CC2)C1. The zero-order valence-electron chi connectivity index (χ0n) is 15.4. The summed E-state index contributed by atoms with van der Waals surface area (Å²) in [5.74, 6) is 1.81. The Morgan fingerprint density at radius 3 is 2.50 bits per heavy atom. The van der Waals surface area contributed by atoms with Crippen LogP contribution in [0.5, 0.6) is 0 Å². The lowest BCUT2D eigenvalue weighted by molar-refractivity contribution is -0.138. The lowest BCUT2D eigenvalue weighted by Crippen LogP contribution is -2.39. The van der Waals surface area contributed by atoms with Crippen LogP contribution in [0.25, 0.3) is 0 Å². The van der Waals surface area contributed by atoms with Crippen molar-refractivity contribution in [3.05, 3.63) is 30.1 Å². The van der Waals surface area contributed by atoms with Gasteiger partial charge in [-0.25, -0.2) is 0 Å². The molecule has 3 heterocycles. The Labute approximate surface area is 146 Å². The molecule has 1 amide bonds. The lowest BCUT2D eigenvalue weighted by atomic mass is 9.83. The molecule has 4 nitrogen and oxygen atoms in total. The summed E-state index contributed by atoms with van der Waals surface area (Å²) in [6.07, 6.45) is 7.53. The first kappa shape index (κ1) is 17.4. The molecule has 0 N–H and O–H groups in total. The van der Waals surface area contributed by atoms with E-state index in [1.54, 1.807) is 0 Å². The Kier molecular flexibility index (Phi) is 5.24. The number of nitrogens with zero attached hydrogens (tertiary/aromatic N) is 3. The molecular weight excluding hydrogens is 298 g/mol. The molecule has 1 aromatic heterocycles. The lowest BCUT2D eigenvalue weighted by Gasteiger charge is -2.35. The highest BCUT2D eigenvalue weighted by Gasteiger charge is 2.36. The monoisotopic (exact) mass is 329 g/mol. The summed E-state index contributed by atoms with van der Waals surface area (Å²) in [6.45, 7) is 11.4. The van der Waals surface area contributed by atoms with Crippen LogP contribution in [-0.2, 0) is 11.3 Å². The molecule has 1 atom stereocenters. The third kappa shape index (κ3) is 4.15. The Hall–Kier alpha value is -1.42. The molecule has 0 saturated carbocycles. The third-order valence-electron chi connectivity index (χ3n) is 5.58. The summed E-state index contributed by atoms with van der Waals surface area (Å²) in [6, 6.07) is 4.17. The average Bonchev–Trinajstić information content (AvgIpc) is 3.05. The Morgan fingerprint density at radius 1 is 1.17 bits per heavy atom. The molecule has 0 spiro atoms. The topological polar surface area (TPSA) is 36.4 Å². The van der Waals surface area contributed by atoms with Crippen molar-refractivity contribution in [2.75, 3.05) is 26.2 Å². The fraction of sp³-hybridized carbons (Fsp3) is 0.700. The maximum atomic E-state index is 12.5. The number of piperidine rings is 1. The fourth-order valence-corrected chi connectivity index (χ4v) is 4.16. The van der Waals surface area contributed by atoms with Crippen molar-refractivity contribution >= 4 is 5.91 Å². The van der Waals surface area contributed by atoms with Crippen molar-refractivity contribution in [1.82, 2.24) is 14.8 Å². The molecule has 2 aliphatic rings. The minimum absolute atomic E-state index is 0.248. The van der Waals surface area contributed by atoms with Crippen molar-refractivity contribution in [2.24, 2.45) is 17.3 Å². The largest absolute Gasteiger partial charge is 0.342 e. The Balaban J connectivity index is 1.47. The van der Waals surface area contributed by atoms with Crippen LogP contribution in [0.3, 0.4) is 0 Å². The van der Waals surface area contributed by atoms with Crippen molar-refractivity contribution in [1.29, 1.82) is 0 Å². The second-order valence-corrected chi connectivity index (χ2v) is 8.52. The van der Waals surface area contributed by atoms with Gasteiger partial charge in [0.25, 0.3) is 0 Å². The van der Waals surface area contributed by atoms with E-state index in [0.717, 1.165) is 25.6 Å². The van der Waals surface area contributed by atoms with Crippen LogP contribution in [-0.4, -0.2) is 46.9 Å². The van der Waals surface area contributed by atoms with Crippen molar-refractivity contribution in [3.63, 3.8) is 0 Å². The van der Waals surface area contributed by atoms with Gasteiger partial charge in [0.2, 0.25) is 5.91 Å². The van der Waals surface area contributed by atoms with E-state index in [2.05, 4.69) is 20.9 Å². The van der Waals surface area contributed by atoms with Gasteiger partial charge in [0.1, 0.15) is 0 Å². The van der Waals surface area contributed by atoms with Gasteiger partial charge in [-0.2, -0.15) is 0 Å². The van der Waals surface area contributed by atoms with Crippen LogP contribution in [0.1, 0.15) is 45.6 Å². The molecule has 1 aromatic rings. The zero-order valence-corrected chi connectivity index (χ0v) is 15.4. The molecule has 2 saturated heterocycles. The quantitative estimate of drug-likeness (QED) is 0.854. The normalized spacial score (nSPS) is 23.6. The summed E-state index contributed by atoms with van der Waals surface area (Å²) >= 11 is 0. The standard InChI is InChI=1S/C20H31N3O/c1-20(2,3)19(24)23-12-8-18(15-23)17-6-10-22(11-7-17)14-16-5-4-9-21-13-16/h4-5,9,13,17-18H,6-8,10-12,14-15H2,1-3H3/t18-/m0/s1. The average molecular weight is 329 g/mol. The first-order chi connectivity index (χ1) is 11.4. The maximum Gasteiger partial charge on any atom is 0.227 e. The van der Waals surface area contributed by atoms with Crippen LogP contribution >= 0.6 is 0 Å². The highest BCUT2D eigenvalue weighted by Crippen LogP contribution is 2.33. The Morgan fingerprint density at radius 2 is 1.88 bits per heavy atom. The number of aromatic nitrogens is 1. The number of pyridine rings is 1. The number of hydrogen-bond acceptors (Lipinski definition) is 3. The predicted molar refractivity (Wildman–Crippen MR) is 96.4 cm³/mol. The fourth-order valence-electron chi connectivity index (χ4n) is 4.16. The number of carbonyl (C=O) groups excluding carboxylic acids is 1. The highest BCUT2D eigenvalue weighted by atomic mass is 16.2. The van der Waals surface area contributed by atoms with Crippen molar-refractivity contribution in [3.8, 4) is 0 Å². The van der Waals surface area contributed by atoms with Crippen LogP contribution in [0.4, 0.5) is 0 Å². The van der Waals surface area contributed by atoms with E-state index >= 15 is 0 Å². The van der Waals surface area contributed by atoms with E-state index in [0.29, 0.717) is 11.8 Å². The number of amides is 1. The molecule has 0 aliphatic carbocycles. The number of carbonyl (C=O) groups is 1. The molecule has 0 aromatic carbocycles. The second-order valence-electron chi connectivity index (χ2n) is 8.52. The first-order valence-electron chi connectivity index (χ1n) is 9.34. The van der Waals surface area contributed by atoms with Crippen molar-refractivity contribution in [2.45, 2.75) is 46.6 Å². The summed E-state index contributed by atoms with van der Waals surface area (Å²) in [5, 5.41) is 0. The molecule has 2 fully saturated rings. The van der Waals surface area contributed by atoms with Gasteiger partial charge in [0, 0.05) is 37.4 Å². The van der Waals surface area contributed by atoms with Gasteiger partial charge in [-0.15, -0.1) is 0 Å². The minimum atomic E-state index is -0.248. The maximum absolute atomic E-state index is 12.5. The van der Waals surface area contributed by atoms with E-state index < -0.39 is 0 Å². The third-order valence-corrected chi connectivity index (χ3v) is 5.58. The van der Waals surface area contributed by atoms with E-state index in [1.165, 1.54) is 37.9 Å². The summed E-state index contributed by atoms with van der Waals surface area (Å²) in [5.41, 5.74) is 1.06. The number of rotatable bonds is 3. The van der Waals surface area contributed by atoms with Crippen LogP contribution < -0.4 is 0 Å².